The highest BCUT2D eigenvalue weighted by molar-refractivity contribution is 6.34. The summed E-state index contributed by atoms with van der Waals surface area (Å²) in [6, 6.07) is 16.6. The van der Waals surface area contributed by atoms with Gasteiger partial charge in [0.15, 0.2) is 0 Å². The number of benzene rings is 2. The fraction of sp³-hybridized carbons (Fsp3) is 0.292. The molecule has 5 rings (SSSR count). The molecule has 142 valence electrons. The van der Waals surface area contributed by atoms with Crippen LogP contribution < -0.4 is 5.32 Å². The highest BCUT2D eigenvalue weighted by Gasteiger charge is 2.23. The van der Waals surface area contributed by atoms with Gasteiger partial charge in [-0.25, -0.2) is 0 Å². The number of carbonyl (C=O) groups excluding carboxylic acids is 1. The number of para-hydroxylation sites is 1. The first kappa shape index (κ1) is 17.3. The number of nitrogens with zero attached hydrogens (tertiary/aromatic N) is 1. The Bertz CT molecular complexity index is 1060. The summed E-state index contributed by atoms with van der Waals surface area (Å²) in [5.41, 5.74) is 6.03. The third-order valence-corrected chi connectivity index (χ3v) is 5.85. The number of hydrogen-bond donors (Lipinski definition) is 2. The zero-order valence-corrected chi connectivity index (χ0v) is 16.0. The van der Waals surface area contributed by atoms with Crippen LogP contribution in [0.15, 0.2) is 48.5 Å². The number of likely N-dealkylation sites (tertiary alicyclic amines) is 1. The summed E-state index contributed by atoms with van der Waals surface area (Å²) in [6.45, 7) is 3.74. The van der Waals surface area contributed by atoms with Gasteiger partial charge >= 0.3 is 0 Å². The lowest BCUT2D eigenvalue weighted by molar-refractivity contribution is -0.110. The van der Waals surface area contributed by atoms with Gasteiger partial charge in [0.05, 0.1) is 5.57 Å². The van der Waals surface area contributed by atoms with Crippen LogP contribution in [0.4, 0.5) is 5.69 Å². The lowest BCUT2D eigenvalue weighted by Gasteiger charge is -2.13. The predicted octanol–water partition coefficient (Wildman–Crippen LogP) is 4.69. The van der Waals surface area contributed by atoms with Gasteiger partial charge in [-0.2, -0.15) is 0 Å². The van der Waals surface area contributed by atoms with Gasteiger partial charge in [-0.15, -0.1) is 0 Å². The molecule has 0 saturated carbocycles. The number of aromatic amines is 1. The van der Waals surface area contributed by atoms with Crippen molar-refractivity contribution in [3.63, 3.8) is 0 Å². The highest BCUT2D eigenvalue weighted by Crippen LogP contribution is 2.33. The Morgan fingerprint density at radius 2 is 1.89 bits per heavy atom. The Labute approximate surface area is 165 Å². The molecule has 4 nitrogen and oxygen atoms in total. The number of hydrogen-bond acceptors (Lipinski definition) is 2. The van der Waals surface area contributed by atoms with Crippen LogP contribution in [-0.4, -0.2) is 35.4 Å². The Morgan fingerprint density at radius 3 is 2.79 bits per heavy atom. The quantitative estimate of drug-likeness (QED) is 0.639. The molecule has 2 N–H and O–H groups in total. The van der Waals surface area contributed by atoms with Crippen molar-refractivity contribution >= 4 is 34.1 Å². The highest BCUT2D eigenvalue weighted by atomic mass is 16.2. The first-order valence-electron chi connectivity index (χ1n) is 10.2. The summed E-state index contributed by atoms with van der Waals surface area (Å²) in [5.74, 6) is -0.0394. The molecular weight excluding hydrogens is 346 g/mol. The molecule has 3 heterocycles. The number of fused-ring (bicyclic) bond motifs is 2. The van der Waals surface area contributed by atoms with Crippen LogP contribution >= 0.6 is 0 Å². The van der Waals surface area contributed by atoms with Crippen molar-refractivity contribution in [2.75, 3.05) is 25.0 Å². The van der Waals surface area contributed by atoms with E-state index in [1.165, 1.54) is 49.8 Å². The molecule has 0 spiro atoms. The van der Waals surface area contributed by atoms with E-state index in [2.05, 4.69) is 39.5 Å². The van der Waals surface area contributed by atoms with Gasteiger partial charge in [0.25, 0.3) is 5.91 Å². The van der Waals surface area contributed by atoms with Crippen LogP contribution in [0, 0.1) is 0 Å². The molecule has 1 saturated heterocycles. The second-order valence-corrected chi connectivity index (χ2v) is 7.86. The molecule has 0 unspecified atom stereocenters. The summed E-state index contributed by atoms with van der Waals surface area (Å²) in [6.07, 6.45) is 6.99. The van der Waals surface area contributed by atoms with Crippen LogP contribution in [-0.2, 0) is 11.2 Å². The Hall–Kier alpha value is -2.85. The monoisotopic (exact) mass is 371 g/mol. The van der Waals surface area contributed by atoms with Crippen LogP contribution in [0.2, 0.25) is 0 Å². The van der Waals surface area contributed by atoms with Crippen LogP contribution in [0.25, 0.3) is 22.6 Å². The summed E-state index contributed by atoms with van der Waals surface area (Å²) in [5, 5.41) is 4.14. The molecular formula is C24H25N3O. The first-order chi connectivity index (χ1) is 13.8. The fourth-order valence-electron chi connectivity index (χ4n) is 4.39. The number of nitrogens with one attached hydrogen (secondary N) is 2. The third-order valence-electron chi connectivity index (χ3n) is 5.85. The predicted molar refractivity (Wildman–Crippen MR) is 115 cm³/mol. The van der Waals surface area contributed by atoms with Gasteiger partial charge < -0.3 is 15.2 Å². The van der Waals surface area contributed by atoms with E-state index >= 15 is 0 Å². The molecule has 0 aliphatic carbocycles. The minimum absolute atomic E-state index is 0.0394. The van der Waals surface area contributed by atoms with Crippen molar-refractivity contribution in [2.45, 2.75) is 25.7 Å². The number of aromatic nitrogens is 1. The van der Waals surface area contributed by atoms with Crippen molar-refractivity contribution in [3.8, 4) is 0 Å². The number of anilines is 1. The SMILES string of the molecule is O=C1Nc2ccccc2C1=Cc1cc2cc(CCCN3CCCC3)ccc2[nH]1. The summed E-state index contributed by atoms with van der Waals surface area (Å²) in [7, 11) is 0. The largest absolute Gasteiger partial charge is 0.355 e. The third kappa shape index (κ3) is 3.36. The minimum Gasteiger partial charge on any atom is -0.355 e. The van der Waals surface area contributed by atoms with Crippen LogP contribution in [0.5, 0.6) is 0 Å². The lowest BCUT2D eigenvalue weighted by atomic mass is 10.1. The molecule has 0 radical (unpaired) electrons. The van der Waals surface area contributed by atoms with Crippen molar-refractivity contribution in [2.24, 2.45) is 0 Å². The average Bonchev–Trinajstić information content (AvgIpc) is 3.41. The van der Waals surface area contributed by atoms with E-state index in [1.54, 1.807) is 0 Å². The molecule has 2 aromatic carbocycles. The number of carbonyl (C=O) groups is 1. The topological polar surface area (TPSA) is 48.1 Å². The smallest absolute Gasteiger partial charge is 0.256 e. The van der Waals surface area contributed by atoms with Gasteiger partial charge in [0, 0.05) is 27.8 Å². The molecule has 3 aromatic rings. The summed E-state index contributed by atoms with van der Waals surface area (Å²) in [4.78, 5) is 18.3. The van der Waals surface area contributed by atoms with Gasteiger partial charge in [-0.1, -0.05) is 24.3 Å². The molecule has 1 aromatic heterocycles. The van der Waals surface area contributed by atoms with Crippen LogP contribution in [0.1, 0.15) is 36.1 Å². The summed E-state index contributed by atoms with van der Waals surface area (Å²) >= 11 is 0. The second kappa shape index (κ2) is 7.28. The molecule has 2 aliphatic rings. The standard InChI is InChI=1S/C24H25N3O/c28-24-21(20-7-1-2-8-23(20)26-24)16-19-15-18-14-17(9-10-22(18)25-19)6-5-13-27-11-3-4-12-27/h1-2,7-10,14-16,25H,3-6,11-13H2,(H,26,28). The van der Waals surface area contributed by atoms with E-state index in [9.17, 15) is 4.79 Å². The Kier molecular flexibility index (Phi) is 4.49. The van der Waals surface area contributed by atoms with E-state index < -0.39 is 0 Å². The van der Waals surface area contributed by atoms with E-state index in [0.717, 1.165) is 28.9 Å². The summed E-state index contributed by atoms with van der Waals surface area (Å²) < 4.78 is 0. The molecule has 1 fully saturated rings. The van der Waals surface area contributed by atoms with Gasteiger partial charge in [0.1, 0.15) is 0 Å². The van der Waals surface area contributed by atoms with E-state index in [1.807, 2.05) is 30.3 Å². The normalized spacial score (nSPS) is 18.1. The van der Waals surface area contributed by atoms with E-state index in [4.69, 9.17) is 0 Å². The van der Waals surface area contributed by atoms with E-state index in [-0.39, 0.29) is 5.91 Å². The molecule has 2 aliphatic heterocycles. The van der Waals surface area contributed by atoms with Crippen molar-refractivity contribution in [1.29, 1.82) is 0 Å². The molecule has 28 heavy (non-hydrogen) atoms. The maximum absolute atomic E-state index is 12.3. The zero-order valence-electron chi connectivity index (χ0n) is 16.0. The van der Waals surface area contributed by atoms with Gasteiger partial charge in [0.2, 0.25) is 0 Å². The molecule has 0 bridgehead atoms. The minimum atomic E-state index is -0.0394. The van der Waals surface area contributed by atoms with Crippen molar-refractivity contribution in [1.82, 2.24) is 9.88 Å². The molecule has 0 atom stereocenters. The first-order valence-corrected chi connectivity index (χ1v) is 10.2. The number of amides is 1. The maximum Gasteiger partial charge on any atom is 0.256 e. The molecule has 1 amide bonds. The van der Waals surface area contributed by atoms with E-state index in [0.29, 0.717) is 5.57 Å². The zero-order chi connectivity index (χ0) is 18.9. The average molecular weight is 371 g/mol. The maximum atomic E-state index is 12.3. The number of rotatable bonds is 5. The van der Waals surface area contributed by atoms with Crippen molar-refractivity contribution in [3.05, 3.63) is 65.4 Å². The Balaban J connectivity index is 1.34. The van der Waals surface area contributed by atoms with Crippen LogP contribution in [0.3, 0.4) is 0 Å². The van der Waals surface area contributed by atoms with Crippen molar-refractivity contribution < 1.29 is 4.79 Å². The van der Waals surface area contributed by atoms with Gasteiger partial charge in [-0.05, 0) is 81.2 Å². The molecule has 4 heteroatoms. The number of aryl methyl sites for hydroxylation is 1. The number of H-pyrrole nitrogens is 1. The van der Waals surface area contributed by atoms with Gasteiger partial charge in [-0.3, -0.25) is 4.79 Å². The lowest BCUT2D eigenvalue weighted by Crippen LogP contribution is -2.20. The second-order valence-electron chi connectivity index (χ2n) is 7.86. The fourth-order valence-corrected chi connectivity index (χ4v) is 4.39. The Morgan fingerprint density at radius 1 is 1.04 bits per heavy atom.